The lowest BCUT2D eigenvalue weighted by Crippen LogP contribution is -1.93. The number of benzene rings is 2. The van der Waals surface area contributed by atoms with E-state index in [1.165, 1.54) is 43.4 Å². The van der Waals surface area contributed by atoms with Crippen LogP contribution >= 0.6 is 22.7 Å². The van der Waals surface area contributed by atoms with E-state index < -0.39 is 0 Å². The number of hydrogen-bond acceptors (Lipinski definition) is 2. The van der Waals surface area contributed by atoms with Crippen molar-refractivity contribution in [2.24, 2.45) is 7.05 Å². The molecule has 2 aromatic carbocycles. The molecule has 3 heteroatoms. The molecule has 0 fully saturated rings. The standard InChI is InChI=1S/C25H19NS2/c1-26-24(20-14-8-16-27-20)22(18-10-4-2-5-11-18)23(19-12-6-3-7-13-19)25(26)21-15-9-17-28-21/h2-17H,1H3. The fraction of sp³-hybridized carbons (Fsp3) is 0.0400. The minimum Gasteiger partial charge on any atom is -0.341 e. The van der Waals surface area contributed by atoms with Crippen LogP contribution in [-0.4, -0.2) is 4.57 Å². The van der Waals surface area contributed by atoms with E-state index in [0.717, 1.165) is 0 Å². The third-order valence-corrected chi connectivity index (χ3v) is 6.78. The maximum absolute atomic E-state index is 2.38. The summed E-state index contributed by atoms with van der Waals surface area (Å²) in [6, 6.07) is 30.3. The number of nitrogens with zero attached hydrogens (tertiary/aromatic N) is 1. The molecule has 0 aliphatic carbocycles. The highest BCUT2D eigenvalue weighted by Gasteiger charge is 2.25. The Balaban J connectivity index is 1.94. The molecule has 0 bridgehead atoms. The first kappa shape index (κ1) is 17.2. The van der Waals surface area contributed by atoms with Crippen LogP contribution in [0, 0.1) is 0 Å². The Morgan fingerprint density at radius 2 is 0.964 bits per heavy atom. The summed E-state index contributed by atoms with van der Waals surface area (Å²) in [5, 5.41) is 4.31. The number of rotatable bonds is 4. The van der Waals surface area contributed by atoms with Gasteiger partial charge in [0.1, 0.15) is 0 Å². The Hall–Kier alpha value is -2.88. The van der Waals surface area contributed by atoms with Gasteiger partial charge in [-0.05, 0) is 34.0 Å². The summed E-state index contributed by atoms with van der Waals surface area (Å²) in [6.07, 6.45) is 0. The molecule has 5 aromatic rings. The van der Waals surface area contributed by atoms with E-state index in [-0.39, 0.29) is 0 Å². The van der Waals surface area contributed by atoms with Gasteiger partial charge in [0.05, 0.1) is 21.1 Å². The second kappa shape index (κ2) is 7.27. The van der Waals surface area contributed by atoms with Crippen molar-refractivity contribution >= 4 is 22.7 Å². The van der Waals surface area contributed by atoms with Crippen molar-refractivity contribution in [3.63, 3.8) is 0 Å². The lowest BCUT2D eigenvalue weighted by Gasteiger charge is -2.09. The van der Waals surface area contributed by atoms with Crippen molar-refractivity contribution in [1.82, 2.24) is 4.57 Å². The molecular formula is C25H19NS2. The minimum atomic E-state index is 1.25. The molecule has 0 aliphatic rings. The Morgan fingerprint density at radius 1 is 0.536 bits per heavy atom. The molecule has 0 saturated carbocycles. The molecule has 0 amide bonds. The van der Waals surface area contributed by atoms with E-state index in [1.54, 1.807) is 22.7 Å². The first-order chi connectivity index (χ1) is 13.8. The van der Waals surface area contributed by atoms with E-state index in [2.05, 4.69) is 107 Å². The predicted octanol–water partition coefficient (Wildman–Crippen LogP) is 7.82. The second-order valence-electron chi connectivity index (χ2n) is 6.69. The van der Waals surface area contributed by atoms with Crippen molar-refractivity contribution in [3.05, 3.63) is 95.7 Å². The quantitative estimate of drug-likeness (QED) is 0.291. The molecule has 5 rings (SSSR count). The highest BCUT2D eigenvalue weighted by molar-refractivity contribution is 7.14. The normalized spacial score (nSPS) is 11.0. The molecule has 3 aromatic heterocycles. The van der Waals surface area contributed by atoms with Crippen LogP contribution in [0.25, 0.3) is 43.4 Å². The topological polar surface area (TPSA) is 4.93 Å². The van der Waals surface area contributed by atoms with E-state index in [0.29, 0.717) is 0 Å². The maximum Gasteiger partial charge on any atom is 0.0670 e. The average Bonchev–Trinajstić information content (AvgIpc) is 3.49. The van der Waals surface area contributed by atoms with Crippen molar-refractivity contribution in [3.8, 4) is 43.4 Å². The van der Waals surface area contributed by atoms with Crippen molar-refractivity contribution < 1.29 is 0 Å². The summed E-state index contributed by atoms with van der Waals surface area (Å²) >= 11 is 3.59. The van der Waals surface area contributed by atoms with Gasteiger partial charge in [-0.2, -0.15) is 0 Å². The molecule has 28 heavy (non-hydrogen) atoms. The van der Waals surface area contributed by atoms with Crippen LogP contribution in [0.4, 0.5) is 0 Å². The van der Waals surface area contributed by atoms with Crippen LogP contribution < -0.4 is 0 Å². The zero-order valence-corrected chi connectivity index (χ0v) is 17.1. The fourth-order valence-corrected chi connectivity index (χ4v) is 5.48. The molecule has 0 spiro atoms. The summed E-state index contributed by atoms with van der Waals surface area (Å²) in [5.74, 6) is 0. The van der Waals surface area contributed by atoms with Crippen molar-refractivity contribution in [2.75, 3.05) is 0 Å². The van der Waals surface area contributed by atoms with Gasteiger partial charge in [0.25, 0.3) is 0 Å². The maximum atomic E-state index is 2.38. The van der Waals surface area contributed by atoms with Crippen molar-refractivity contribution in [2.45, 2.75) is 0 Å². The number of aromatic nitrogens is 1. The van der Waals surface area contributed by atoms with E-state index in [4.69, 9.17) is 0 Å². The SMILES string of the molecule is Cn1c(-c2cccs2)c(-c2ccccc2)c(-c2ccccc2)c1-c1cccs1. The number of thiophene rings is 2. The van der Waals surface area contributed by atoms with Gasteiger partial charge < -0.3 is 4.57 Å². The molecule has 0 N–H and O–H groups in total. The van der Waals surface area contributed by atoms with Crippen LogP contribution in [0.2, 0.25) is 0 Å². The molecule has 0 radical (unpaired) electrons. The Morgan fingerprint density at radius 3 is 1.32 bits per heavy atom. The van der Waals surface area contributed by atoms with Crippen LogP contribution in [0.3, 0.4) is 0 Å². The zero-order chi connectivity index (χ0) is 18.9. The molecule has 1 nitrogen and oxygen atoms in total. The third-order valence-electron chi connectivity index (χ3n) is 5.03. The summed E-state index contributed by atoms with van der Waals surface area (Å²) in [5.41, 5.74) is 7.68. The molecule has 0 aliphatic heterocycles. The molecule has 136 valence electrons. The molecule has 0 atom stereocenters. The molecule has 0 unspecified atom stereocenters. The van der Waals surface area contributed by atoms with Crippen LogP contribution in [0.1, 0.15) is 0 Å². The average molecular weight is 398 g/mol. The zero-order valence-electron chi connectivity index (χ0n) is 15.5. The summed E-state index contributed by atoms with van der Waals surface area (Å²) in [7, 11) is 2.20. The third kappa shape index (κ3) is 2.84. The lowest BCUT2D eigenvalue weighted by molar-refractivity contribution is 0.952. The van der Waals surface area contributed by atoms with Crippen LogP contribution in [0.5, 0.6) is 0 Å². The molecule has 0 saturated heterocycles. The largest absolute Gasteiger partial charge is 0.341 e. The minimum absolute atomic E-state index is 1.25. The molecule has 3 heterocycles. The van der Waals surface area contributed by atoms with Gasteiger partial charge in [-0.1, -0.05) is 72.8 Å². The Bertz CT molecular complexity index is 1090. The van der Waals surface area contributed by atoms with E-state index in [1.807, 2.05) is 0 Å². The van der Waals surface area contributed by atoms with Gasteiger partial charge in [0, 0.05) is 18.2 Å². The smallest absolute Gasteiger partial charge is 0.0670 e. The summed E-state index contributed by atoms with van der Waals surface area (Å²) < 4.78 is 2.38. The highest BCUT2D eigenvalue weighted by Crippen LogP contribution is 2.49. The Labute approximate surface area is 173 Å². The van der Waals surface area contributed by atoms with Gasteiger partial charge >= 0.3 is 0 Å². The van der Waals surface area contributed by atoms with Gasteiger partial charge in [-0.15, -0.1) is 22.7 Å². The number of hydrogen-bond donors (Lipinski definition) is 0. The van der Waals surface area contributed by atoms with E-state index in [9.17, 15) is 0 Å². The first-order valence-electron chi connectivity index (χ1n) is 9.26. The predicted molar refractivity (Wildman–Crippen MR) is 123 cm³/mol. The highest BCUT2D eigenvalue weighted by atomic mass is 32.1. The van der Waals surface area contributed by atoms with Gasteiger partial charge in [0.15, 0.2) is 0 Å². The first-order valence-corrected chi connectivity index (χ1v) is 11.0. The Kier molecular flexibility index (Phi) is 4.47. The van der Waals surface area contributed by atoms with E-state index >= 15 is 0 Å². The van der Waals surface area contributed by atoms with Crippen LogP contribution in [0.15, 0.2) is 95.7 Å². The second-order valence-corrected chi connectivity index (χ2v) is 8.59. The summed E-state index contributed by atoms with van der Waals surface area (Å²) in [4.78, 5) is 2.59. The lowest BCUT2D eigenvalue weighted by atomic mass is 9.94. The molecular weight excluding hydrogens is 378 g/mol. The summed E-state index contributed by atoms with van der Waals surface area (Å²) in [6.45, 7) is 0. The fourth-order valence-electron chi connectivity index (χ4n) is 3.86. The van der Waals surface area contributed by atoms with Crippen LogP contribution in [-0.2, 0) is 7.05 Å². The van der Waals surface area contributed by atoms with Crippen molar-refractivity contribution in [1.29, 1.82) is 0 Å². The van der Waals surface area contributed by atoms with Gasteiger partial charge in [0.2, 0.25) is 0 Å². The van der Waals surface area contributed by atoms with Gasteiger partial charge in [-0.3, -0.25) is 0 Å². The monoisotopic (exact) mass is 397 g/mol. The van der Waals surface area contributed by atoms with Gasteiger partial charge in [-0.25, -0.2) is 0 Å².